The topological polar surface area (TPSA) is 40.6 Å². The Kier molecular flexibility index (Phi) is 4.45. The van der Waals surface area contributed by atoms with Crippen molar-refractivity contribution in [1.82, 2.24) is 8.61 Å². The van der Waals surface area contributed by atoms with E-state index in [1.807, 2.05) is 22.5 Å². The molecular weight excluding hydrogens is 332 g/mol. The van der Waals surface area contributed by atoms with Gasteiger partial charge >= 0.3 is 0 Å². The van der Waals surface area contributed by atoms with Gasteiger partial charge < -0.3 is 0 Å². The van der Waals surface area contributed by atoms with Crippen LogP contribution >= 0.6 is 0 Å². The fourth-order valence-electron chi connectivity index (χ4n) is 5.53. The van der Waals surface area contributed by atoms with E-state index in [0.717, 1.165) is 25.7 Å². The minimum absolute atomic E-state index is 0.303. The van der Waals surface area contributed by atoms with Crippen LogP contribution < -0.4 is 0 Å². The standard InChI is InChI=1S/C20H30N2O2S/c1-16-12-17(2)14-21(13-16)25(23,24)22-15-19-10-6-7-11-20(19,22)18-8-4-3-5-9-18/h3-5,8-9,16-17,19H,6-7,10-15H2,1-2H3/t16-,17+,19-,20+/m0/s1. The summed E-state index contributed by atoms with van der Waals surface area (Å²) in [6.07, 6.45) is 5.57. The van der Waals surface area contributed by atoms with Crippen molar-refractivity contribution in [2.24, 2.45) is 17.8 Å². The van der Waals surface area contributed by atoms with Crippen molar-refractivity contribution < 1.29 is 8.42 Å². The summed E-state index contributed by atoms with van der Waals surface area (Å²) in [5.74, 6) is 1.35. The molecule has 138 valence electrons. The summed E-state index contributed by atoms with van der Waals surface area (Å²) in [5, 5.41) is 0. The van der Waals surface area contributed by atoms with Gasteiger partial charge in [0.05, 0.1) is 5.54 Å². The van der Waals surface area contributed by atoms with Crippen LogP contribution in [0.15, 0.2) is 30.3 Å². The van der Waals surface area contributed by atoms with E-state index in [0.29, 0.717) is 37.4 Å². The van der Waals surface area contributed by atoms with Crippen molar-refractivity contribution >= 4 is 10.2 Å². The van der Waals surface area contributed by atoms with Crippen LogP contribution in [0.3, 0.4) is 0 Å². The molecule has 5 heteroatoms. The maximum Gasteiger partial charge on any atom is 0.282 e. The third kappa shape index (κ3) is 2.75. The fourth-order valence-corrected chi connectivity index (χ4v) is 7.82. The normalized spacial score (nSPS) is 37.3. The predicted octanol–water partition coefficient (Wildman–Crippen LogP) is 3.61. The van der Waals surface area contributed by atoms with Crippen LogP contribution in [-0.4, -0.2) is 36.7 Å². The molecule has 0 spiro atoms. The van der Waals surface area contributed by atoms with Gasteiger partial charge in [-0.25, -0.2) is 0 Å². The molecule has 0 amide bonds. The van der Waals surface area contributed by atoms with Gasteiger partial charge in [0.15, 0.2) is 0 Å². The Balaban J connectivity index is 1.69. The minimum Gasteiger partial charge on any atom is -0.195 e. The molecule has 0 N–H and O–H groups in total. The van der Waals surface area contributed by atoms with Gasteiger partial charge in [-0.1, -0.05) is 57.0 Å². The van der Waals surface area contributed by atoms with E-state index in [1.54, 1.807) is 4.31 Å². The smallest absolute Gasteiger partial charge is 0.195 e. The largest absolute Gasteiger partial charge is 0.282 e. The summed E-state index contributed by atoms with van der Waals surface area (Å²) >= 11 is 0. The van der Waals surface area contributed by atoms with Crippen LogP contribution in [0, 0.1) is 17.8 Å². The average molecular weight is 363 g/mol. The third-order valence-electron chi connectivity index (χ3n) is 6.58. The lowest BCUT2D eigenvalue weighted by molar-refractivity contribution is -0.0556. The molecule has 0 aromatic heterocycles. The van der Waals surface area contributed by atoms with Gasteiger partial charge in [-0.2, -0.15) is 17.0 Å². The van der Waals surface area contributed by atoms with Crippen LogP contribution in [0.2, 0.25) is 0 Å². The molecule has 3 aliphatic rings. The molecule has 1 saturated carbocycles. The molecule has 2 heterocycles. The Hall–Kier alpha value is -0.910. The van der Waals surface area contributed by atoms with Crippen LogP contribution in [0.4, 0.5) is 0 Å². The molecule has 4 rings (SSSR count). The second-order valence-corrected chi connectivity index (χ2v) is 10.4. The molecule has 0 radical (unpaired) electrons. The van der Waals surface area contributed by atoms with Gasteiger partial charge in [-0.05, 0) is 42.6 Å². The number of benzene rings is 1. The van der Waals surface area contributed by atoms with Gasteiger partial charge in [0, 0.05) is 19.6 Å². The minimum atomic E-state index is -3.40. The molecule has 0 bridgehead atoms. The van der Waals surface area contributed by atoms with E-state index in [2.05, 4.69) is 26.0 Å². The monoisotopic (exact) mass is 362 g/mol. The van der Waals surface area contributed by atoms with Crippen LogP contribution in [0.1, 0.15) is 51.5 Å². The van der Waals surface area contributed by atoms with Gasteiger partial charge in [0.1, 0.15) is 0 Å². The molecule has 25 heavy (non-hydrogen) atoms. The molecule has 4 atom stereocenters. The lowest BCUT2D eigenvalue weighted by Crippen LogP contribution is -2.70. The first-order valence-corrected chi connectivity index (χ1v) is 11.2. The van der Waals surface area contributed by atoms with E-state index in [9.17, 15) is 8.42 Å². The molecule has 4 nitrogen and oxygen atoms in total. The van der Waals surface area contributed by atoms with Gasteiger partial charge in [0.25, 0.3) is 10.2 Å². The second kappa shape index (κ2) is 6.36. The molecule has 1 aliphatic carbocycles. The van der Waals surface area contributed by atoms with E-state index in [-0.39, 0.29) is 5.54 Å². The SMILES string of the molecule is C[C@@H]1C[C@H](C)CN(S(=O)(=O)N2C[C@@H]3CCCC[C@@]32c2ccccc2)C1. The number of rotatable bonds is 3. The van der Waals surface area contributed by atoms with Crippen molar-refractivity contribution in [3.8, 4) is 0 Å². The van der Waals surface area contributed by atoms with Crippen molar-refractivity contribution in [2.75, 3.05) is 19.6 Å². The predicted molar refractivity (Wildman–Crippen MR) is 100 cm³/mol. The summed E-state index contributed by atoms with van der Waals surface area (Å²) in [6.45, 7) is 6.36. The highest BCUT2D eigenvalue weighted by Crippen LogP contribution is 2.55. The Bertz CT molecular complexity index is 710. The van der Waals surface area contributed by atoms with Crippen molar-refractivity contribution in [2.45, 2.75) is 51.5 Å². The zero-order valence-electron chi connectivity index (χ0n) is 15.4. The quantitative estimate of drug-likeness (QED) is 0.824. The highest BCUT2D eigenvalue weighted by atomic mass is 32.2. The average Bonchev–Trinajstić information content (AvgIpc) is 2.56. The summed E-state index contributed by atoms with van der Waals surface area (Å²) in [4.78, 5) is 0. The van der Waals surface area contributed by atoms with Gasteiger partial charge in [0.2, 0.25) is 0 Å². The molecular formula is C20H30N2O2S. The maximum absolute atomic E-state index is 13.5. The number of piperidine rings is 1. The van der Waals surface area contributed by atoms with Gasteiger partial charge in [-0.15, -0.1) is 0 Å². The summed E-state index contributed by atoms with van der Waals surface area (Å²) in [7, 11) is -3.40. The Morgan fingerprint density at radius 2 is 1.68 bits per heavy atom. The van der Waals surface area contributed by atoms with Crippen LogP contribution in [0.25, 0.3) is 0 Å². The van der Waals surface area contributed by atoms with E-state index in [4.69, 9.17) is 0 Å². The lowest BCUT2D eigenvalue weighted by atomic mass is 9.63. The maximum atomic E-state index is 13.5. The lowest BCUT2D eigenvalue weighted by Gasteiger charge is -2.61. The highest BCUT2D eigenvalue weighted by molar-refractivity contribution is 7.86. The van der Waals surface area contributed by atoms with Crippen molar-refractivity contribution in [1.29, 1.82) is 0 Å². The number of hydrogen-bond donors (Lipinski definition) is 0. The zero-order valence-corrected chi connectivity index (χ0v) is 16.2. The Labute approximate surface area is 152 Å². The molecule has 1 aromatic rings. The first kappa shape index (κ1) is 17.5. The number of hydrogen-bond acceptors (Lipinski definition) is 2. The van der Waals surface area contributed by atoms with Crippen molar-refractivity contribution in [3.05, 3.63) is 35.9 Å². The zero-order chi connectivity index (χ0) is 17.7. The van der Waals surface area contributed by atoms with E-state index < -0.39 is 10.2 Å². The first-order valence-electron chi connectivity index (χ1n) is 9.78. The van der Waals surface area contributed by atoms with Gasteiger partial charge in [-0.3, -0.25) is 0 Å². The Morgan fingerprint density at radius 1 is 1.00 bits per heavy atom. The first-order chi connectivity index (χ1) is 11.9. The van der Waals surface area contributed by atoms with E-state index in [1.165, 1.54) is 12.0 Å². The number of fused-ring (bicyclic) bond motifs is 1. The molecule has 0 unspecified atom stereocenters. The molecule has 1 aromatic carbocycles. The molecule has 3 fully saturated rings. The van der Waals surface area contributed by atoms with Crippen molar-refractivity contribution in [3.63, 3.8) is 0 Å². The fraction of sp³-hybridized carbons (Fsp3) is 0.700. The molecule has 2 saturated heterocycles. The summed E-state index contributed by atoms with van der Waals surface area (Å²) in [5.41, 5.74) is 0.884. The second-order valence-electron chi connectivity index (χ2n) is 8.53. The van der Waals surface area contributed by atoms with Crippen LogP contribution in [0.5, 0.6) is 0 Å². The highest BCUT2D eigenvalue weighted by Gasteiger charge is 2.60. The summed E-state index contributed by atoms with van der Waals surface area (Å²) in [6, 6.07) is 10.4. The Morgan fingerprint density at radius 3 is 2.32 bits per heavy atom. The van der Waals surface area contributed by atoms with E-state index >= 15 is 0 Å². The molecule has 2 aliphatic heterocycles. The third-order valence-corrected chi connectivity index (χ3v) is 8.56. The summed E-state index contributed by atoms with van der Waals surface area (Å²) < 4.78 is 30.7. The van der Waals surface area contributed by atoms with Crippen LogP contribution in [-0.2, 0) is 15.7 Å². The number of nitrogens with zero attached hydrogens (tertiary/aromatic N) is 2.